The van der Waals surface area contributed by atoms with Gasteiger partial charge in [0.05, 0.1) is 10.5 Å². The van der Waals surface area contributed by atoms with Crippen molar-refractivity contribution in [1.82, 2.24) is 0 Å². The molecule has 0 saturated carbocycles. The molecule has 0 aliphatic carbocycles. The molecule has 0 bridgehead atoms. The van der Waals surface area contributed by atoms with Crippen molar-refractivity contribution in [1.29, 1.82) is 0 Å². The van der Waals surface area contributed by atoms with Crippen molar-refractivity contribution in [3.63, 3.8) is 0 Å². The molecule has 0 fully saturated rings. The highest BCUT2D eigenvalue weighted by Gasteiger charge is 2.30. The molecule has 3 aromatic rings. The second-order valence-electron chi connectivity index (χ2n) is 7.03. The van der Waals surface area contributed by atoms with Gasteiger partial charge in [-0.2, -0.15) is 13.2 Å². The fourth-order valence-electron chi connectivity index (χ4n) is 2.90. The molecule has 1 atom stereocenters. The zero-order valence-electron chi connectivity index (χ0n) is 17.5. The van der Waals surface area contributed by atoms with E-state index in [1.807, 2.05) is 6.07 Å². The molecule has 10 heteroatoms. The Labute approximate surface area is 189 Å². The van der Waals surface area contributed by atoms with Gasteiger partial charge in [-0.25, -0.2) is 8.42 Å². The Balaban J connectivity index is 1.68. The number of sulfonamides is 1. The highest BCUT2D eigenvalue weighted by atomic mass is 32.2. The number of hydrogen-bond donors (Lipinski definition) is 2. The van der Waals surface area contributed by atoms with Crippen LogP contribution in [0.5, 0.6) is 5.75 Å². The number of carbonyl (C=O) groups excluding carboxylic acids is 1. The highest BCUT2D eigenvalue weighted by Crippen LogP contribution is 2.31. The van der Waals surface area contributed by atoms with Crippen LogP contribution in [0, 0.1) is 0 Å². The SMILES string of the molecule is CC[C@H](Oc1ccccc1)C(=O)Nc1ccc(S(=O)(=O)Nc2cccc(C(F)(F)F)c2)cc1. The lowest BCUT2D eigenvalue weighted by Crippen LogP contribution is -2.32. The van der Waals surface area contributed by atoms with Crippen molar-refractivity contribution in [2.24, 2.45) is 0 Å². The number of halogens is 3. The summed E-state index contributed by atoms with van der Waals surface area (Å²) in [5.74, 6) is 0.139. The Hall–Kier alpha value is -3.53. The fraction of sp³-hybridized carbons (Fsp3) is 0.174. The highest BCUT2D eigenvalue weighted by molar-refractivity contribution is 7.92. The van der Waals surface area contributed by atoms with E-state index in [1.54, 1.807) is 31.2 Å². The fourth-order valence-corrected chi connectivity index (χ4v) is 3.95. The summed E-state index contributed by atoms with van der Waals surface area (Å²) in [7, 11) is -4.14. The van der Waals surface area contributed by atoms with Gasteiger partial charge in [0.1, 0.15) is 5.75 Å². The summed E-state index contributed by atoms with van der Waals surface area (Å²) in [6.07, 6.45) is -4.94. The summed E-state index contributed by atoms with van der Waals surface area (Å²) in [6.45, 7) is 1.79. The molecule has 0 radical (unpaired) electrons. The summed E-state index contributed by atoms with van der Waals surface area (Å²) in [4.78, 5) is 12.3. The number of carbonyl (C=O) groups is 1. The molecule has 3 aromatic carbocycles. The van der Waals surface area contributed by atoms with Gasteiger partial charge in [0.15, 0.2) is 6.10 Å². The van der Waals surface area contributed by atoms with Gasteiger partial charge >= 0.3 is 6.18 Å². The van der Waals surface area contributed by atoms with Crippen molar-refractivity contribution >= 4 is 27.3 Å². The Morgan fingerprint density at radius 2 is 1.61 bits per heavy atom. The lowest BCUT2D eigenvalue weighted by atomic mass is 10.2. The molecule has 3 rings (SSSR count). The van der Waals surface area contributed by atoms with Crippen molar-refractivity contribution in [2.45, 2.75) is 30.5 Å². The molecule has 0 aromatic heterocycles. The zero-order valence-corrected chi connectivity index (χ0v) is 18.3. The quantitative estimate of drug-likeness (QED) is 0.460. The first kappa shape index (κ1) is 24.1. The Morgan fingerprint density at radius 1 is 0.939 bits per heavy atom. The lowest BCUT2D eigenvalue weighted by Gasteiger charge is -2.17. The minimum atomic E-state index is -4.60. The molecule has 2 N–H and O–H groups in total. The molecule has 0 spiro atoms. The van der Waals surface area contributed by atoms with E-state index in [4.69, 9.17) is 4.74 Å². The minimum Gasteiger partial charge on any atom is -0.481 e. The number of nitrogens with one attached hydrogen (secondary N) is 2. The van der Waals surface area contributed by atoms with Gasteiger partial charge in [-0.15, -0.1) is 0 Å². The van der Waals surface area contributed by atoms with Crippen LogP contribution in [-0.2, 0) is 21.0 Å². The van der Waals surface area contributed by atoms with E-state index in [0.29, 0.717) is 23.9 Å². The number of amides is 1. The summed E-state index contributed by atoms with van der Waals surface area (Å²) in [5.41, 5.74) is -0.844. The molecule has 0 aliphatic rings. The van der Waals surface area contributed by atoms with Gasteiger partial charge in [0, 0.05) is 11.4 Å². The van der Waals surface area contributed by atoms with E-state index in [1.165, 1.54) is 30.3 Å². The number of benzene rings is 3. The second-order valence-corrected chi connectivity index (χ2v) is 8.71. The smallest absolute Gasteiger partial charge is 0.416 e. The zero-order chi connectivity index (χ0) is 24.1. The molecule has 0 heterocycles. The van der Waals surface area contributed by atoms with Gasteiger partial charge < -0.3 is 10.1 Å². The molecule has 1 amide bonds. The standard InChI is InChI=1S/C23H21F3N2O4S/c1-2-21(32-19-9-4-3-5-10-19)22(29)27-17-11-13-20(14-12-17)33(30,31)28-18-8-6-7-16(15-18)23(24,25)26/h3-15,21,28H,2H2,1H3,(H,27,29)/t21-/m0/s1. The van der Waals surface area contributed by atoms with E-state index in [-0.39, 0.29) is 10.6 Å². The van der Waals surface area contributed by atoms with Gasteiger partial charge in [0.2, 0.25) is 0 Å². The van der Waals surface area contributed by atoms with Crippen LogP contribution in [0.3, 0.4) is 0 Å². The molecule has 33 heavy (non-hydrogen) atoms. The van der Waals surface area contributed by atoms with Crippen molar-refractivity contribution in [2.75, 3.05) is 10.0 Å². The molecular formula is C23H21F3N2O4S. The van der Waals surface area contributed by atoms with E-state index < -0.39 is 33.8 Å². The van der Waals surface area contributed by atoms with Gasteiger partial charge in [-0.1, -0.05) is 31.2 Å². The van der Waals surface area contributed by atoms with Gasteiger partial charge in [-0.05, 0) is 61.0 Å². The number of anilines is 2. The van der Waals surface area contributed by atoms with Crippen LogP contribution in [-0.4, -0.2) is 20.4 Å². The van der Waals surface area contributed by atoms with E-state index in [0.717, 1.165) is 12.1 Å². The number of rotatable bonds is 8. The average molecular weight is 478 g/mol. The van der Waals surface area contributed by atoms with E-state index in [2.05, 4.69) is 10.0 Å². The molecule has 6 nitrogen and oxygen atoms in total. The number of para-hydroxylation sites is 1. The number of alkyl halides is 3. The summed E-state index contributed by atoms with van der Waals surface area (Å²) < 4.78 is 71.5. The van der Waals surface area contributed by atoms with Crippen LogP contribution in [0.25, 0.3) is 0 Å². The topological polar surface area (TPSA) is 84.5 Å². The predicted octanol–water partition coefficient (Wildman–Crippen LogP) is 5.30. The largest absolute Gasteiger partial charge is 0.481 e. The van der Waals surface area contributed by atoms with Crippen LogP contribution in [0.15, 0.2) is 83.8 Å². The molecule has 0 unspecified atom stereocenters. The third-order valence-corrected chi connectivity index (χ3v) is 5.96. The molecule has 0 aliphatic heterocycles. The summed E-state index contributed by atoms with van der Waals surface area (Å²) >= 11 is 0. The third-order valence-electron chi connectivity index (χ3n) is 4.56. The summed E-state index contributed by atoms with van der Waals surface area (Å²) in [5, 5.41) is 2.66. The minimum absolute atomic E-state index is 0.175. The van der Waals surface area contributed by atoms with Crippen LogP contribution >= 0.6 is 0 Å². The molecule has 174 valence electrons. The average Bonchev–Trinajstić information content (AvgIpc) is 2.78. The van der Waals surface area contributed by atoms with Crippen molar-refractivity contribution in [3.05, 3.63) is 84.4 Å². The number of hydrogen-bond acceptors (Lipinski definition) is 4. The van der Waals surface area contributed by atoms with E-state index >= 15 is 0 Å². The van der Waals surface area contributed by atoms with E-state index in [9.17, 15) is 26.4 Å². The van der Waals surface area contributed by atoms with Crippen LogP contribution in [0.1, 0.15) is 18.9 Å². The summed E-state index contributed by atoms with van der Waals surface area (Å²) in [6, 6.07) is 18.0. The second kappa shape index (κ2) is 9.95. The molecule has 0 saturated heterocycles. The monoisotopic (exact) mass is 478 g/mol. The van der Waals surface area contributed by atoms with Crippen LogP contribution < -0.4 is 14.8 Å². The Kier molecular flexibility index (Phi) is 7.27. The first-order valence-electron chi connectivity index (χ1n) is 9.91. The van der Waals surface area contributed by atoms with Gasteiger partial charge in [-0.3, -0.25) is 9.52 Å². The van der Waals surface area contributed by atoms with Crippen LogP contribution in [0.2, 0.25) is 0 Å². The van der Waals surface area contributed by atoms with Crippen molar-refractivity contribution in [3.8, 4) is 5.75 Å². The number of ether oxygens (including phenoxy) is 1. The molecular weight excluding hydrogens is 457 g/mol. The Morgan fingerprint density at radius 3 is 2.21 bits per heavy atom. The maximum Gasteiger partial charge on any atom is 0.416 e. The predicted molar refractivity (Wildman–Crippen MR) is 118 cm³/mol. The van der Waals surface area contributed by atoms with Crippen molar-refractivity contribution < 1.29 is 31.1 Å². The Bertz CT molecular complexity index is 1200. The van der Waals surface area contributed by atoms with Crippen LogP contribution in [0.4, 0.5) is 24.5 Å². The first-order chi connectivity index (χ1) is 15.6. The lowest BCUT2D eigenvalue weighted by molar-refractivity contribution is -0.137. The maximum atomic E-state index is 12.9. The normalized spacial score (nSPS) is 12.6. The third kappa shape index (κ3) is 6.48. The van der Waals surface area contributed by atoms with Gasteiger partial charge in [0.25, 0.3) is 15.9 Å². The maximum absolute atomic E-state index is 12.9. The first-order valence-corrected chi connectivity index (χ1v) is 11.4.